The quantitative estimate of drug-likeness (QED) is 0.234. The number of rotatable bonds is 7. The van der Waals surface area contributed by atoms with Crippen LogP contribution in [0.4, 0.5) is 0 Å². The van der Waals surface area contributed by atoms with Crippen LogP contribution >= 0.6 is 11.8 Å². The Labute approximate surface area is 141 Å². The molecule has 1 fully saturated rings. The Morgan fingerprint density at radius 2 is 1.96 bits per heavy atom. The molecule has 0 radical (unpaired) electrons. The summed E-state index contributed by atoms with van der Waals surface area (Å²) in [6.07, 6.45) is 0.382. The molecule has 1 saturated heterocycles. The summed E-state index contributed by atoms with van der Waals surface area (Å²) < 4.78 is 5.21. The monoisotopic (exact) mass is 348 g/mol. The van der Waals surface area contributed by atoms with Crippen molar-refractivity contribution in [2.45, 2.75) is 43.4 Å². The van der Waals surface area contributed by atoms with Crippen molar-refractivity contribution in [3.8, 4) is 0 Å². The number of amides is 2. The normalized spacial score (nSPS) is 20.1. The highest BCUT2D eigenvalue weighted by molar-refractivity contribution is 8.01. The van der Waals surface area contributed by atoms with Crippen LogP contribution in [-0.2, 0) is 14.3 Å². The molecule has 1 rings (SSSR count). The Kier molecular flexibility index (Phi) is 7.91. The smallest absolute Gasteiger partial charge is 0.287 e. The second kappa shape index (κ2) is 8.95. The van der Waals surface area contributed by atoms with E-state index in [2.05, 4.69) is 0 Å². The third kappa shape index (κ3) is 5.40. The van der Waals surface area contributed by atoms with Crippen molar-refractivity contribution in [2.24, 2.45) is 11.6 Å². The fourth-order valence-electron chi connectivity index (χ4n) is 2.25. The van der Waals surface area contributed by atoms with Crippen LogP contribution in [0.15, 0.2) is 0 Å². The van der Waals surface area contributed by atoms with Crippen LogP contribution in [0.1, 0.15) is 27.2 Å². The lowest BCUT2D eigenvalue weighted by Gasteiger charge is -2.35. The number of thioether (sulfide) groups is 1. The third-order valence-electron chi connectivity index (χ3n) is 3.61. The van der Waals surface area contributed by atoms with Gasteiger partial charge in [0.25, 0.3) is 11.8 Å². The number of nitrogens with two attached hydrogens (primary N) is 2. The summed E-state index contributed by atoms with van der Waals surface area (Å²) in [5, 5.41) is 11.2. The number of morpholine rings is 1. The zero-order valence-corrected chi connectivity index (χ0v) is 14.8. The molecule has 0 aromatic heterocycles. The first-order valence-electron chi connectivity index (χ1n) is 7.80. The van der Waals surface area contributed by atoms with Crippen LogP contribution in [-0.4, -0.2) is 75.9 Å². The highest BCUT2D eigenvalue weighted by Gasteiger charge is 2.46. The zero-order valence-electron chi connectivity index (χ0n) is 14.0. The minimum absolute atomic E-state index is 0.00931. The van der Waals surface area contributed by atoms with E-state index >= 15 is 0 Å². The second-order valence-electron chi connectivity index (χ2n) is 5.84. The first kappa shape index (κ1) is 20.3. The second-order valence-corrected chi connectivity index (χ2v) is 7.64. The van der Waals surface area contributed by atoms with E-state index in [1.165, 1.54) is 0 Å². The van der Waals surface area contributed by atoms with E-state index in [1.807, 2.05) is 18.7 Å². The number of hydrazine groups is 1. The lowest BCUT2D eigenvalue weighted by molar-refractivity contribution is -0.154. The van der Waals surface area contributed by atoms with Crippen molar-refractivity contribution in [1.29, 1.82) is 0 Å². The number of ether oxygens (including phenoxy) is 1. The lowest BCUT2D eigenvalue weighted by atomic mass is 10.1. The maximum absolute atomic E-state index is 12.6. The first-order chi connectivity index (χ1) is 10.7. The average Bonchev–Trinajstić information content (AvgIpc) is 2.52. The number of nitrogens with zero attached hydrogens (tertiary/aromatic N) is 2. The molecule has 2 amide bonds. The molecule has 8 nitrogen and oxygen atoms in total. The lowest BCUT2D eigenvalue weighted by Crippen LogP contribution is -2.62. The molecule has 134 valence electrons. The standard InChI is InChI=1S/C14H28N4O4S/c1-4-11(15)14(21,23-10(2)3)13(20)18(16)12(19)9-17-5-7-22-8-6-17/h10-11,21H,4-9,15-16H2,1-3H3/t11-,14-/m1/s1. The number of aliphatic hydroxyl groups is 1. The first-order valence-corrected chi connectivity index (χ1v) is 8.68. The maximum atomic E-state index is 12.6. The van der Waals surface area contributed by atoms with E-state index in [9.17, 15) is 14.7 Å². The van der Waals surface area contributed by atoms with Crippen molar-refractivity contribution in [1.82, 2.24) is 9.91 Å². The summed E-state index contributed by atoms with van der Waals surface area (Å²) in [4.78, 5) is 24.7. The zero-order chi connectivity index (χ0) is 17.6. The Morgan fingerprint density at radius 1 is 1.39 bits per heavy atom. The van der Waals surface area contributed by atoms with E-state index in [0.717, 1.165) is 11.8 Å². The van der Waals surface area contributed by atoms with Gasteiger partial charge in [0.2, 0.25) is 4.93 Å². The highest BCUT2D eigenvalue weighted by Crippen LogP contribution is 2.32. The van der Waals surface area contributed by atoms with E-state index in [-0.39, 0.29) is 11.8 Å². The van der Waals surface area contributed by atoms with Gasteiger partial charge >= 0.3 is 0 Å². The van der Waals surface area contributed by atoms with Crippen LogP contribution < -0.4 is 11.6 Å². The largest absolute Gasteiger partial charge is 0.379 e. The van der Waals surface area contributed by atoms with Gasteiger partial charge in [-0.3, -0.25) is 14.5 Å². The minimum atomic E-state index is -1.92. The van der Waals surface area contributed by atoms with Gasteiger partial charge in [0, 0.05) is 18.3 Å². The van der Waals surface area contributed by atoms with Crippen LogP contribution in [0.3, 0.4) is 0 Å². The summed E-state index contributed by atoms with van der Waals surface area (Å²) in [7, 11) is 0. The summed E-state index contributed by atoms with van der Waals surface area (Å²) in [5.41, 5.74) is 5.91. The Bertz CT molecular complexity index is 418. The molecule has 0 saturated carbocycles. The Hall–Kier alpha value is -0.710. The molecule has 0 bridgehead atoms. The number of hydrogen-bond acceptors (Lipinski definition) is 8. The fourth-order valence-corrected chi connectivity index (χ4v) is 3.50. The van der Waals surface area contributed by atoms with Crippen LogP contribution in [0.25, 0.3) is 0 Å². The van der Waals surface area contributed by atoms with Gasteiger partial charge in [0.05, 0.1) is 25.8 Å². The molecule has 0 unspecified atom stereocenters. The maximum Gasteiger partial charge on any atom is 0.287 e. The van der Waals surface area contributed by atoms with Gasteiger partial charge in [-0.15, -0.1) is 11.8 Å². The number of carbonyl (C=O) groups is 2. The molecule has 9 heteroatoms. The Morgan fingerprint density at radius 3 is 2.43 bits per heavy atom. The third-order valence-corrected chi connectivity index (χ3v) is 4.92. The van der Waals surface area contributed by atoms with E-state index in [0.29, 0.717) is 37.7 Å². The summed E-state index contributed by atoms with van der Waals surface area (Å²) in [6.45, 7) is 7.73. The molecule has 0 aromatic carbocycles. The number of carbonyl (C=O) groups excluding carboxylic acids is 2. The Balaban J connectivity index is 2.78. The van der Waals surface area contributed by atoms with Crippen molar-refractivity contribution in [3.05, 3.63) is 0 Å². The van der Waals surface area contributed by atoms with E-state index in [4.69, 9.17) is 16.3 Å². The van der Waals surface area contributed by atoms with Gasteiger partial charge in [-0.25, -0.2) is 10.9 Å². The highest BCUT2D eigenvalue weighted by atomic mass is 32.2. The predicted octanol–water partition coefficient (Wildman–Crippen LogP) is -0.885. The van der Waals surface area contributed by atoms with Crippen molar-refractivity contribution >= 4 is 23.6 Å². The topological polar surface area (TPSA) is 122 Å². The molecule has 1 aliphatic heterocycles. The molecule has 1 heterocycles. The van der Waals surface area contributed by atoms with Gasteiger partial charge in [-0.2, -0.15) is 0 Å². The fraction of sp³-hybridized carbons (Fsp3) is 0.857. The van der Waals surface area contributed by atoms with Gasteiger partial charge < -0.3 is 15.6 Å². The van der Waals surface area contributed by atoms with Crippen molar-refractivity contribution in [3.63, 3.8) is 0 Å². The van der Waals surface area contributed by atoms with Crippen molar-refractivity contribution in [2.75, 3.05) is 32.8 Å². The molecule has 23 heavy (non-hydrogen) atoms. The molecule has 0 aromatic rings. The van der Waals surface area contributed by atoms with E-state index < -0.39 is 22.8 Å². The minimum Gasteiger partial charge on any atom is -0.379 e. The van der Waals surface area contributed by atoms with Crippen LogP contribution in [0.2, 0.25) is 0 Å². The molecule has 1 aliphatic rings. The van der Waals surface area contributed by atoms with Gasteiger partial charge in [0.15, 0.2) is 0 Å². The predicted molar refractivity (Wildman–Crippen MR) is 89.2 cm³/mol. The summed E-state index contributed by atoms with van der Waals surface area (Å²) in [5.74, 6) is 4.24. The molecule has 0 spiro atoms. The van der Waals surface area contributed by atoms with E-state index in [1.54, 1.807) is 6.92 Å². The molecule has 5 N–H and O–H groups in total. The molecule has 0 aliphatic carbocycles. The van der Waals surface area contributed by atoms with Gasteiger partial charge in [0.1, 0.15) is 0 Å². The van der Waals surface area contributed by atoms with Crippen molar-refractivity contribution < 1.29 is 19.4 Å². The molecular weight excluding hydrogens is 320 g/mol. The van der Waals surface area contributed by atoms with Gasteiger partial charge in [-0.1, -0.05) is 20.8 Å². The SMILES string of the molecule is CC[C@@H](N)[C@@](O)(SC(C)C)C(=O)N(N)C(=O)CN1CCOCC1. The van der Waals surface area contributed by atoms with Gasteiger partial charge in [-0.05, 0) is 6.42 Å². The number of imide groups is 1. The van der Waals surface area contributed by atoms with Crippen LogP contribution in [0.5, 0.6) is 0 Å². The molecule has 2 atom stereocenters. The average molecular weight is 348 g/mol. The summed E-state index contributed by atoms with van der Waals surface area (Å²) >= 11 is 1.01. The summed E-state index contributed by atoms with van der Waals surface area (Å²) in [6, 6.07) is -0.815. The van der Waals surface area contributed by atoms with Crippen LogP contribution in [0, 0.1) is 0 Å². The number of hydrogen-bond donors (Lipinski definition) is 3. The molecular formula is C14H28N4O4S.